The molecular formula is C15H31N3. The zero-order valence-corrected chi connectivity index (χ0v) is 12.1. The predicted octanol–water partition coefficient (Wildman–Crippen LogP) is 1.78. The third-order valence-corrected chi connectivity index (χ3v) is 4.82. The van der Waals surface area contributed by atoms with E-state index in [1.807, 2.05) is 0 Å². The fraction of sp³-hybridized carbons (Fsp3) is 1.00. The van der Waals surface area contributed by atoms with Crippen LogP contribution in [0.1, 0.15) is 39.0 Å². The largest absolute Gasteiger partial charge is 0.330 e. The first-order valence-electron chi connectivity index (χ1n) is 7.96. The van der Waals surface area contributed by atoms with Crippen molar-refractivity contribution in [3.63, 3.8) is 0 Å². The maximum absolute atomic E-state index is 5.76. The molecule has 106 valence electrons. The molecule has 3 nitrogen and oxygen atoms in total. The molecule has 18 heavy (non-hydrogen) atoms. The molecule has 0 radical (unpaired) electrons. The van der Waals surface area contributed by atoms with Crippen LogP contribution in [-0.4, -0.2) is 55.6 Å². The van der Waals surface area contributed by atoms with Crippen molar-refractivity contribution >= 4 is 0 Å². The van der Waals surface area contributed by atoms with Crippen molar-refractivity contribution in [1.82, 2.24) is 9.80 Å². The van der Waals surface area contributed by atoms with Crippen molar-refractivity contribution in [2.24, 2.45) is 17.6 Å². The Kier molecular flexibility index (Phi) is 5.93. The number of rotatable bonds is 5. The zero-order valence-electron chi connectivity index (χ0n) is 12.1. The molecule has 2 aliphatic rings. The summed E-state index contributed by atoms with van der Waals surface area (Å²) < 4.78 is 0. The number of nitrogens with two attached hydrogens (primary N) is 1. The van der Waals surface area contributed by atoms with Crippen LogP contribution in [0.3, 0.4) is 0 Å². The van der Waals surface area contributed by atoms with E-state index in [4.69, 9.17) is 5.73 Å². The van der Waals surface area contributed by atoms with Crippen molar-refractivity contribution < 1.29 is 0 Å². The Morgan fingerprint density at radius 1 is 0.889 bits per heavy atom. The molecule has 0 aromatic carbocycles. The van der Waals surface area contributed by atoms with Crippen molar-refractivity contribution in [2.45, 2.75) is 39.0 Å². The van der Waals surface area contributed by atoms with Gasteiger partial charge >= 0.3 is 0 Å². The highest BCUT2D eigenvalue weighted by Gasteiger charge is 2.23. The Hall–Kier alpha value is -0.120. The van der Waals surface area contributed by atoms with Crippen molar-refractivity contribution in [3.05, 3.63) is 0 Å². The lowest BCUT2D eigenvalue weighted by atomic mass is 9.82. The molecule has 1 heterocycles. The van der Waals surface area contributed by atoms with Crippen molar-refractivity contribution in [3.8, 4) is 0 Å². The predicted molar refractivity (Wildman–Crippen MR) is 77.7 cm³/mol. The first-order valence-corrected chi connectivity index (χ1v) is 7.96. The summed E-state index contributed by atoms with van der Waals surface area (Å²) in [6.07, 6.45) is 6.87. The van der Waals surface area contributed by atoms with Crippen LogP contribution < -0.4 is 5.73 Å². The van der Waals surface area contributed by atoms with Gasteiger partial charge in [0.15, 0.2) is 0 Å². The minimum absolute atomic E-state index is 0.822. The summed E-state index contributed by atoms with van der Waals surface area (Å²) in [5, 5.41) is 0. The molecule has 0 spiro atoms. The molecule has 1 saturated heterocycles. The Bertz CT molecular complexity index is 216. The van der Waals surface area contributed by atoms with Crippen LogP contribution in [0.5, 0.6) is 0 Å². The Balaban J connectivity index is 1.63. The van der Waals surface area contributed by atoms with E-state index in [1.54, 1.807) is 0 Å². The molecule has 0 atom stereocenters. The first-order chi connectivity index (χ1) is 8.81. The van der Waals surface area contributed by atoms with Gasteiger partial charge in [-0.1, -0.05) is 6.92 Å². The maximum Gasteiger partial charge on any atom is 0.0110 e. The fourth-order valence-electron chi connectivity index (χ4n) is 3.53. The summed E-state index contributed by atoms with van der Waals surface area (Å²) >= 11 is 0. The van der Waals surface area contributed by atoms with E-state index in [2.05, 4.69) is 16.7 Å². The molecule has 1 aliphatic heterocycles. The highest BCUT2D eigenvalue weighted by Crippen LogP contribution is 2.28. The molecular weight excluding hydrogens is 222 g/mol. The Morgan fingerprint density at radius 3 is 2.00 bits per heavy atom. The second kappa shape index (κ2) is 7.46. The number of piperazine rings is 1. The van der Waals surface area contributed by atoms with E-state index >= 15 is 0 Å². The Labute approximate surface area is 113 Å². The third-order valence-electron chi connectivity index (χ3n) is 4.82. The van der Waals surface area contributed by atoms with E-state index in [9.17, 15) is 0 Å². The summed E-state index contributed by atoms with van der Waals surface area (Å²) in [7, 11) is 0. The van der Waals surface area contributed by atoms with Gasteiger partial charge in [0.1, 0.15) is 0 Å². The van der Waals surface area contributed by atoms with E-state index in [-0.39, 0.29) is 0 Å². The van der Waals surface area contributed by atoms with E-state index in [0.29, 0.717) is 0 Å². The van der Waals surface area contributed by atoms with Gasteiger partial charge in [-0.25, -0.2) is 0 Å². The smallest absolute Gasteiger partial charge is 0.0110 e. The molecule has 2 fully saturated rings. The summed E-state index contributed by atoms with van der Waals surface area (Å²) in [6.45, 7) is 11.0. The molecule has 0 aromatic heterocycles. The highest BCUT2D eigenvalue weighted by molar-refractivity contribution is 4.78. The molecule has 0 unspecified atom stereocenters. The van der Waals surface area contributed by atoms with Gasteiger partial charge in [0.25, 0.3) is 0 Å². The molecule has 0 amide bonds. The molecule has 2 rings (SSSR count). The SMILES string of the molecule is CCCN1CCN(CC2CCC(CN)CC2)CC1. The van der Waals surface area contributed by atoms with Crippen LogP contribution in [0.15, 0.2) is 0 Å². The molecule has 0 aromatic rings. The van der Waals surface area contributed by atoms with Gasteiger partial charge in [0, 0.05) is 32.7 Å². The molecule has 3 heteroatoms. The fourth-order valence-corrected chi connectivity index (χ4v) is 3.53. The lowest BCUT2D eigenvalue weighted by Crippen LogP contribution is -2.48. The van der Waals surface area contributed by atoms with Crippen LogP contribution >= 0.6 is 0 Å². The van der Waals surface area contributed by atoms with E-state index < -0.39 is 0 Å². The zero-order chi connectivity index (χ0) is 12.8. The number of nitrogens with zero attached hydrogens (tertiary/aromatic N) is 2. The van der Waals surface area contributed by atoms with Gasteiger partial charge in [-0.15, -0.1) is 0 Å². The van der Waals surface area contributed by atoms with Crippen LogP contribution in [0.2, 0.25) is 0 Å². The van der Waals surface area contributed by atoms with Crippen LogP contribution in [-0.2, 0) is 0 Å². The number of hydrogen-bond donors (Lipinski definition) is 1. The average Bonchev–Trinajstić information content (AvgIpc) is 2.42. The lowest BCUT2D eigenvalue weighted by molar-refractivity contribution is 0.105. The Morgan fingerprint density at radius 2 is 1.44 bits per heavy atom. The number of hydrogen-bond acceptors (Lipinski definition) is 3. The van der Waals surface area contributed by atoms with E-state index in [1.165, 1.54) is 71.4 Å². The average molecular weight is 253 g/mol. The second-order valence-corrected chi connectivity index (χ2v) is 6.26. The van der Waals surface area contributed by atoms with Crippen molar-refractivity contribution in [1.29, 1.82) is 0 Å². The van der Waals surface area contributed by atoms with Crippen LogP contribution in [0, 0.1) is 11.8 Å². The maximum atomic E-state index is 5.76. The second-order valence-electron chi connectivity index (χ2n) is 6.26. The summed E-state index contributed by atoms with van der Waals surface area (Å²) in [5.74, 6) is 1.77. The van der Waals surface area contributed by atoms with Crippen LogP contribution in [0.25, 0.3) is 0 Å². The van der Waals surface area contributed by atoms with E-state index in [0.717, 1.165) is 18.4 Å². The minimum Gasteiger partial charge on any atom is -0.330 e. The topological polar surface area (TPSA) is 32.5 Å². The normalized spacial score (nSPS) is 31.7. The minimum atomic E-state index is 0.822. The first kappa shape index (κ1) is 14.3. The van der Waals surface area contributed by atoms with Crippen molar-refractivity contribution in [2.75, 3.05) is 45.8 Å². The van der Waals surface area contributed by atoms with Gasteiger partial charge in [0.2, 0.25) is 0 Å². The van der Waals surface area contributed by atoms with Gasteiger partial charge < -0.3 is 15.5 Å². The molecule has 2 N–H and O–H groups in total. The lowest BCUT2D eigenvalue weighted by Gasteiger charge is -2.38. The summed E-state index contributed by atoms with van der Waals surface area (Å²) in [6, 6.07) is 0. The highest BCUT2D eigenvalue weighted by atomic mass is 15.3. The van der Waals surface area contributed by atoms with Gasteiger partial charge in [0.05, 0.1) is 0 Å². The monoisotopic (exact) mass is 253 g/mol. The van der Waals surface area contributed by atoms with Gasteiger partial charge in [-0.05, 0) is 57.0 Å². The standard InChI is InChI=1S/C15H31N3/c1-2-7-17-8-10-18(11-9-17)13-15-5-3-14(12-16)4-6-15/h14-15H,2-13,16H2,1H3. The van der Waals surface area contributed by atoms with Gasteiger partial charge in [-0.3, -0.25) is 0 Å². The summed E-state index contributed by atoms with van der Waals surface area (Å²) in [4.78, 5) is 5.31. The molecule has 0 bridgehead atoms. The van der Waals surface area contributed by atoms with Gasteiger partial charge in [-0.2, -0.15) is 0 Å². The third kappa shape index (κ3) is 4.22. The quantitative estimate of drug-likeness (QED) is 0.810. The molecule has 1 aliphatic carbocycles. The molecule has 1 saturated carbocycles. The summed E-state index contributed by atoms with van der Waals surface area (Å²) in [5.41, 5.74) is 5.76. The van der Waals surface area contributed by atoms with Crippen LogP contribution in [0.4, 0.5) is 0 Å².